The number of hydrogen-bond donors (Lipinski definition) is 7. The van der Waals surface area contributed by atoms with Crippen molar-refractivity contribution in [3.05, 3.63) is 150 Å². The number of ether oxygens (including phenoxy) is 3. The van der Waals surface area contributed by atoms with Crippen molar-refractivity contribution in [1.82, 2.24) is 78.7 Å². The van der Waals surface area contributed by atoms with Crippen LogP contribution in [0.1, 0.15) is 247 Å². The Morgan fingerprint density at radius 2 is 0.969 bits per heavy atom. The Morgan fingerprint density at radius 3 is 1.42 bits per heavy atom. The maximum Gasteiger partial charge on any atom is 0.281 e. The Hall–Kier alpha value is -10.6. The number of unbranched alkanes of at least 4 members (excludes halogenated alkanes) is 2. The molecule has 3 saturated heterocycles. The average Bonchev–Trinajstić information content (AvgIpc) is 1.59. The van der Waals surface area contributed by atoms with Crippen LogP contribution in [0.3, 0.4) is 0 Å². The third-order valence-corrected chi connectivity index (χ3v) is 30.4. The zero-order chi connectivity index (χ0) is 91.9. The minimum atomic E-state index is -4.26. The molecule has 9 aromatic heterocycles. The highest BCUT2D eigenvalue weighted by atomic mass is 35.5. The Kier molecular flexibility index (Phi) is 28.6. The quantitative estimate of drug-likeness (QED) is 0.0206. The first-order chi connectivity index (χ1) is 61.9. The van der Waals surface area contributed by atoms with Gasteiger partial charge in [-0.3, -0.25) is 14.4 Å². The second kappa shape index (κ2) is 39.5. The molecule has 3 atom stereocenters. The Labute approximate surface area is 767 Å². The average molecular weight is 1860 g/mol. The third kappa shape index (κ3) is 24.6. The van der Waals surface area contributed by atoms with E-state index in [-0.39, 0.29) is 53.5 Å². The lowest BCUT2D eigenvalue weighted by Crippen LogP contribution is -2.41. The number of sulfonamides is 3. The van der Waals surface area contributed by atoms with E-state index in [1.807, 2.05) is 16.9 Å². The molecule has 33 nitrogen and oxygen atoms in total. The molecule has 3 amide bonds. The summed E-state index contributed by atoms with van der Waals surface area (Å²) >= 11 is 6.30. The van der Waals surface area contributed by atoms with Crippen LogP contribution in [-0.2, 0) is 30.1 Å². The molecule has 130 heavy (non-hydrogen) atoms. The predicted octanol–water partition coefficient (Wildman–Crippen LogP) is 15.2. The molecule has 3 saturated carbocycles. The van der Waals surface area contributed by atoms with Crippen LogP contribution < -0.4 is 59.4 Å². The molecule has 3 aliphatic carbocycles. The highest BCUT2D eigenvalue weighted by Gasteiger charge is 2.45. The van der Waals surface area contributed by atoms with Gasteiger partial charge in [0.1, 0.15) is 34.2 Å². The van der Waals surface area contributed by atoms with E-state index in [4.69, 9.17) is 35.8 Å². The van der Waals surface area contributed by atoms with E-state index in [0.29, 0.717) is 132 Å². The molecular formula is C93H124ClN21O12S3. The Morgan fingerprint density at radius 1 is 0.515 bits per heavy atom. The summed E-state index contributed by atoms with van der Waals surface area (Å²) in [6.45, 7) is 26.3. The zero-order valence-electron chi connectivity index (χ0n) is 76.0. The molecular weight excluding hydrogens is 1730 g/mol. The molecule has 0 aromatic carbocycles. The van der Waals surface area contributed by atoms with Crippen molar-refractivity contribution < 1.29 is 53.8 Å². The van der Waals surface area contributed by atoms with Gasteiger partial charge in [0, 0.05) is 86.1 Å². The summed E-state index contributed by atoms with van der Waals surface area (Å²) < 4.78 is 108. The molecule has 0 spiro atoms. The number of aromatic nitrogens is 12. The van der Waals surface area contributed by atoms with Crippen LogP contribution >= 0.6 is 11.6 Å². The fraction of sp³-hybridized carbons (Fsp3) is 0.548. The molecule has 14 heterocycles. The van der Waals surface area contributed by atoms with Gasteiger partial charge in [-0.05, 0) is 270 Å². The van der Waals surface area contributed by atoms with E-state index >= 15 is 0 Å². The summed E-state index contributed by atoms with van der Waals surface area (Å²) in [6.07, 6.45) is 31.5. The monoisotopic (exact) mass is 1860 g/mol. The highest BCUT2D eigenvalue weighted by molar-refractivity contribution is 7.90. The van der Waals surface area contributed by atoms with Crippen molar-refractivity contribution in [3.8, 4) is 35.1 Å². The Bertz CT molecular complexity index is 5660. The minimum Gasteiger partial charge on any atom is -0.477 e. The van der Waals surface area contributed by atoms with Gasteiger partial charge in [0.05, 0.1) is 36.5 Å². The number of fused-ring (bicyclic) bond motifs is 12. The van der Waals surface area contributed by atoms with Crippen molar-refractivity contribution in [2.75, 3.05) is 84.8 Å². The largest absolute Gasteiger partial charge is 0.477 e. The third-order valence-electron chi connectivity index (χ3n) is 26.4. The fourth-order valence-electron chi connectivity index (χ4n) is 17.7. The molecule has 5 aliphatic heterocycles. The van der Waals surface area contributed by atoms with Crippen molar-refractivity contribution in [2.24, 2.45) is 34.0 Å². The molecule has 37 heteroatoms. The first kappa shape index (κ1) is 94.1. The van der Waals surface area contributed by atoms with Gasteiger partial charge in [0.25, 0.3) is 47.8 Å². The fourth-order valence-corrected chi connectivity index (χ4v) is 20.7. The lowest BCUT2D eigenvalue weighted by molar-refractivity contribution is 0.0972. The van der Waals surface area contributed by atoms with E-state index < -0.39 is 47.8 Å². The van der Waals surface area contributed by atoms with Crippen LogP contribution in [0.5, 0.6) is 17.6 Å². The van der Waals surface area contributed by atoms with Crippen LogP contribution in [0.15, 0.2) is 143 Å². The number of halogens is 1. The van der Waals surface area contributed by atoms with E-state index in [2.05, 4.69) is 138 Å². The van der Waals surface area contributed by atoms with Crippen LogP contribution in [0, 0.1) is 34.0 Å². The SMILES string of the molecule is CC1(CCOc2ccn(-c3ccc(C(=O)NS(=O)(=O)c4cccc(NCCCCCC5CNC(C)(C)C5)n4)c(Cl)n3)n2)CC1.CC1(CCOc2ccn(-c3ccc4c(n3)N3CC(CCCCCNc5cccc(n5)S(=O)(=O)NC4=O)CC3(C)C)n2)CC1.CC1(CCOc2ccn(-c3ccc4c(n3)N3CC(CCCCCNc5cccc(n5)S(=O)(=O)NC4=O)CC3(C)C)n2)CC1. The predicted molar refractivity (Wildman–Crippen MR) is 498 cm³/mol. The van der Waals surface area contributed by atoms with Gasteiger partial charge in [0.15, 0.2) is 32.5 Å². The summed E-state index contributed by atoms with van der Waals surface area (Å²) in [5, 5.41) is 25.8. The van der Waals surface area contributed by atoms with E-state index in [1.165, 1.54) is 86.4 Å². The highest BCUT2D eigenvalue weighted by Crippen LogP contribution is 2.50. The summed E-state index contributed by atoms with van der Waals surface area (Å²) in [5.41, 5.74) is 1.12. The first-order valence-corrected chi connectivity index (χ1v) is 50.7. The van der Waals surface area contributed by atoms with Crippen LogP contribution in [0.4, 0.5) is 29.1 Å². The van der Waals surface area contributed by atoms with Crippen molar-refractivity contribution >= 4 is 88.5 Å². The van der Waals surface area contributed by atoms with Gasteiger partial charge in [0.2, 0.25) is 17.6 Å². The number of rotatable bonds is 25. The summed E-state index contributed by atoms with van der Waals surface area (Å²) in [7, 11) is -12.7. The molecule has 7 N–H and O–H groups in total. The summed E-state index contributed by atoms with van der Waals surface area (Å²) in [4.78, 5) is 71.3. The van der Waals surface area contributed by atoms with Crippen molar-refractivity contribution in [1.29, 1.82) is 0 Å². The normalized spacial score (nSPS) is 21.2. The summed E-state index contributed by atoms with van der Waals surface area (Å²) in [6, 6.07) is 29.0. The van der Waals surface area contributed by atoms with E-state index in [0.717, 1.165) is 128 Å². The van der Waals surface area contributed by atoms with Crippen LogP contribution in [0.25, 0.3) is 17.5 Å². The van der Waals surface area contributed by atoms with Crippen LogP contribution in [-0.4, -0.2) is 178 Å². The zero-order valence-corrected chi connectivity index (χ0v) is 79.2. The first-order valence-electron chi connectivity index (χ1n) is 45.8. The van der Waals surface area contributed by atoms with Gasteiger partial charge in [-0.25, -0.2) is 58.1 Å². The van der Waals surface area contributed by atoms with Gasteiger partial charge in [-0.1, -0.05) is 89.1 Å². The van der Waals surface area contributed by atoms with Gasteiger partial charge >= 0.3 is 0 Å². The topological polar surface area (TPSA) is 403 Å². The van der Waals surface area contributed by atoms with E-state index in [9.17, 15) is 39.6 Å². The lowest BCUT2D eigenvalue weighted by atomic mass is 9.92. The number of carbonyl (C=O) groups is 3. The van der Waals surface area contributed by atoms with Gasteiger partial charge in [-0.2, -0.15) is 25.3 Å². The van der Waals surface area contributed by atoms with Gasteiger partial charge < -0.3 is 45.3 Å². The standard InChI is InChI=1S/C31H42ClN7O4S.2C31H41N7O4S/c1-30(2)20-22(21-34-30)8-5-4-6-17-33-24-9-7-10-27(35-24)44(41,42)38-29(40)23-11-12-25(36-28(23)32)39-18-13-26(37-39)43-19-16-31(3)14-15-31;2*1-30(2)20-22-8-5-4-6-17-32-24-9-7-10-27(33-24)43(40,41)36-29(39)23-11-12-25(34-28(23)37(30)21-22)38-18-13-26(35-38)42-19-16-31(3)14-15-31/h7,9-13,18,22,34H,4-6,8,14-17,19-21H2,1-3H3,(H,33,35)(H,38,40);2*7,9-13,18,22H,4-6,8,14-17,19-21H2,1-3H3,(H,32,33)(H,36,39). The van der Waals surface area contributed by atoms with E-state index in [1.54, 1.807) is 94.7 Å². The number of anilines is 5. The summed E-state index contributed by atoms with van der Waals surface area (Å²) in [5.74, 6) is 4.28. The second-order valence-corrected chi connectivity index (χ2v) is 44.4. The number of carbonyl (C=O) groups excluding carboxylic acids is 3. The smallest absolute Gasteiger partial charge is 0.281 e. The van der Waals surface area contributed by atoms with Crippen LogP contribution in [0.2, 0.25) is 5.15 Å². The van der Waals surface area contributed by atoms with Crippen molar-refractivity contribution in [2.45, 2.75) is 248 Å². The maximum atomic E-state index is 13.7. The number of nitrogens with zero attached hydrogens (tertiary/aromatic N) is 14. The maximum absolute atomic E-state index is 13.7. The number of amides is 3. The number of hydrogen-bond acceptors (Lipinski definition) is 27. The molecule has 0 radical (unpaired) electrons. The molecule has 17 rings (SSSR count). The van der Waals surface area contributed by atoms with Crippen molar-refractivity contribution in [3.63, 3.8) is 0 Å². The molecule has 3 unspecified atom stereocenters. The lowest BCUT2D eigenvalue weighted by Gasteiger charge is -2.34. The second-order valence-electron chi connectivity index (χ2n) is 39.1. The molecule has 8 aliphatic rings. The number of pyridine rings is 6. The Balaban J connectivity index is 0.000000150. The minimum absolute atomic E-state index is 0.0912. The number of nitrogens with one attached hydrogen (secondary N) is 7. The molecule has 6 fully saturated rings. The molecule has 698 valence electrons. The van der Waals surface area contributed by atoms with Gasteiger partial charge in [-0.15, -0.1) is 15.3 Å². The molecule has 8 bridgehead atoms. The molecule has 9 aromatic rings.